The van der Waals surface area contributed by atoms with E-state index in [4.69, 9.17) is 4.74 Å². The van der Waals surface area contributed by atoms with Crippen LogP contribution in [-0.2, 0) is 16.0 Å². The number of unbranched alkanes of at least 4 members (excludes halogenated alkanes) is 1. The van der Waals surface area contributed by atoms with Gasteiger partial charge in [-0.15, -0.1) is 0 Å². The Bertz CT molecular complexity index is 545. The van der Waals surface area contributed by atoms with E-state index in [0.29, 0.717) is 26.1 Å². The summed E-state index contributed by atoms with van der Waals surface area (Å²) in [6, 6.07) is 7.83. The number of rotatable bonds is 8. The molecule has 1 aliphatic heterocycles. The molecule has 1 N–H and O–H groups in total. The van der Waals surface area contributed by atoms with Gasteiger partial charge >= 0.3 is 0 Å². The quantitative estimate of drug-likeness (QED) is 0.746. The molecule has 1 aromatic carbocycles. The zero-order valence-electron chi connectivity index (χ0n) is 14.0. The first kappa shape index (κ1) is 17.3. The van der Waals surface area contributed by atoms with Crippen molar-refractivity contribution in [2.24, 2.45) is 5.92 Å². The van der Waals surface area contributed by atoms with Crippen LogP contribution in [0.2, 0.25) is 0 Å². The predicted octanol–water partition coefficient (Wildman–Crippen LogP) is 2.00. The van der Waals surface area contributed by atoms with Gasteiger partial charge in [0.2, 0.25) is 11.8 Å². The number of nitrogens with zero attached hydrogens (tertiary/aromatic N) is 1. The van der Waals surface area contributed by atoms with Crippen molar-refractivity contribution in [1.29, 1.82) is 0 Å². The third kappa shape index (κ3) is 4.71. The molecular weight excluding hydrogens is 292 g/mol. The number of ether oxygens (including phenoxy) is 1. The van der Waals surface area contributed by atoms with Gasteiger partial charge < -0.3 is 15.0 Å². The molecule has 5 heteroatoms. The van der Waals surface area contributed by atoms with Gasteiger partial charge in [0.25, 0.3) is 0 Å². The second kappa shape index (κ2) is 8.56. The summed E-state index contributed by atoms with van der Waals surface area (Å²) in [5.41, 5.74) is 1.08. The maximum absolute atomic E-state index is 12.1. The van der Waals surface area contributed by atoms with Gasteiger partial charge in [-0.1, -0.05) is 31.5 Å². The molecule has 1 unspecified atom stereocenters. The first-order chi connectivity index (χ1) is 11.2. The van der Waals surface area contributed by atoms with Crippen molar-refractivity contribution in [2.45, 2.75) is 32.6 Å². The Morgan fingerprint density at radius 1 is 1.39 bits per heavy atom. The van der Waals surface area contributed by atoms with Crippen LogP contribution in [0, 0.1) is 5.92 Å². The Kier molecular flexibility index (Phi) is 6.44. The lowest BCUT2D eigenvalue weighted by Gasteiger charge is -2.17. The van der Waals surface area contributed by atoms with Gasteiger partial charge in [0.05, 0.1) is 13.0 Å². The number of amides is 2. The largest absolute Gasteiger partial charge is 0.496 e. The lowest BCUT2D eigenvalue weighted by Crippen LogP contribution is -2.34. The maximum atomic E-state index is 12.1. The molecular formula is C18H26N2O3. The minimum absolute atomic E-state index is 0.00610. The second-order valence-electron chi connectivity index (χ2n) is 5.95. The molecule has 1 heterocycles. The normalized spacial score (nSPS) is 17.4. The van der Waals surface area contributed by atoms with E-state index in [0.717, 1.165) is 30.6 Å². The van der Waals surface area contributed by atoms with Crippen molar-refractivity contribution in [2.75, 3.05) is 26.7 Å². The molecule has 1 aromatic rings. The number of carbonyl (C=O) groups excluding carboxylic acids is 2. The summed E-state index contributed by atoms with van der Waals surface area (Å²) in [4.78, 5) is 26.0. The van der Waals surface area contributed by atoms with Gasteiger partial charge in [-0.3, -0.25) is 9.59 Å². The molecule has 0 saturated carbocycles. The summed E-state index contributed by atoms with van der Waals surface area (Å²) in [6.07, 6.45) is 3.09. The van der Waals surface area contributed by atoms with Crippen molar-refractivity contribution in [1.82, 2.24) is 10.2 Å². The summed E-state index contributed by atoms with van der Waals surface area (Å²) in [7, 11) is 1.65. The minimum Gasteiger partial charge on any atom is -0.496 e. The predicted molar refractivity (Wildman–Crippen MR) is 89.3 cm³/mol. The van der Waals surface area contributed by atoms with Gasteiger partial charge in [-0.25, -0.2) is 0 Å². The monoisotopic (exact) mass is 318 g/mol. The SMILES string of the molecule is CCCCNC(=O)C1CC(=O)N(CCc2ccccc2OC)C1. The van der Waals surface area contributed by atoms with E-state index in [-0.39, 0.29) is 17.7 Å². The summed E-state index contributed by atoms with van der Waals surface area (Å²) in [5, 5.41) is 2.92. The van der Waals surface area contributed by atoms with E-state index in [1.807, 2.05) is 24.3 Å². The van der Waals surface area contributed by atoms with Crippen LogP contribution in [0.4, 0.5) is 0 Å². The third-order valence-electron chi connectivity index (χ3n) is 4.26. The molecule has 0 aliphatic carbocycles. The fraction of sp³-hybridized carbons (Fsp3) is 0.556. The molecule has 2 rings (SSSR count). The Labute approximate surface area is 138 Å². The second-order valence-corrected chi connectivity index (χ2v) is 5.95. The molecule has 1 fully saturated rings. The Morgan fingerprint density at radius 3 is 2.91 bits per heavy atom. The average Bonchev–Trinajstić information content (AvgIpc) is 2.94. The van der Waals surface area contributed by atoms with Crippen LogP contribution < -0.4 is 10.1 Å². The minimum atomic E-state index is -0.211. The number of benzene rings is 1. The van der Waals surface area contributed by atoms with E-state index in [1.54, 1.807) is 12.0 Å². The highest BCUT2D eigenvalue weighted by molar-refractivity contribution is 5.89. The van der Waals surface area contributed by atoms with E-state index >= 15 is 0 Å². The Hall–Kier alpha value is -2.04. The molecule has 0 spiro atoms. The highest BCUT2D eigenvalue weighted by Gasteiger charge is 2.33. The lowest BCUT2D eigenvalue weighted by atomic mass is 10.1. The van der Waals surface area contributed by atoms with Crippen LogP contribution in [0.3, 0.4) is 0 Å². The molecule has 126 valence electrons. The number of methoxy groups -OCH3 is 1. The van der Waals surface area contributed by atoms with Crippen LogP contribution in [0.25, 0.3) is 0 Å². The topological polar surface area (TPSA) is 58.6 Å². The highest BCUT2D eigenvalue weighted by atomic mass is 16.5. The van der Waals surface area contributed by atoms with Crippen molar-refractivity contribution in [3.8, 4) is 5.75 Å². The van der Waals surface area contributed by atoms with E-state index in [9.17, 15) is 9.59 Å². The standard InChI is InChI=1S/C18H26N2O3/c1-3-4-10-19-18(22)15-12-17(21)20(13-15)11-9-14-7-5-6-8-16(14)23-2/h5-8,15H,3-4,9-13H2,1-2H3,(H,19,22). The molecule has 2 amide bonds. The van der Waals surface area contributed by atoms with Gasteiger partial charge in [-0.05, 0) is 24.5 Å². The number of carbonyl (C=O) groups is 2. The number of nitrogens with one attached hydrogen (secondary N) is 1. The first-order valence-corrected chi connectivity index (χ1v) is 8.33. The lowest BCUT2D eigenvalue weighted by molar-refractivity contribution is -0.129. The van der Waals surface area contributed by atoms with Crippen molar-refractivity contribution >= 4 is 11.8 Å². The van der Waals surface area contributed by atoms with Gasteiger partial charge in [-0.2, -0.15) is 0 Å². The molecule has 23 heavy (non-hydrogen) atoms. The smallest absolute Gasteiger partial charge is 0.225 e. The summed E-state index contributed by atoms with van der Waals surface area (Å²) in [5.74, 6) is 0.701. The summed E-state index contributed by atoms with van der Waals surface area (Å²) in [6.45, 7) is 3.93. The van der Waals surface area contributed by atoms with Crippen LogP contribution in [0.15, 0.2) is 24.3 Å². The van der Waals surface area contributed by atoms with Crippen LogP contribution in [0.1, 0.15) is 31.7 Å². The summed E-state index contributed by atoms with van der Waals surface area (Å²) < 4.78 is 5.33. The van der Waals surface area contributed by atoms with E-state index in [1.165, 1.54) is 0 Å². The molecule has 0 bridgehead atoms. The number of hydrogen-bond acceptors (Lipinski definition) is 3. The Morgan fingerprint density at radius 2 is 2.17 bits per heavy atom. The van der Waals surface area contributed by atoms with Crippen molar-refractivity contribution in [3.05, 3.63) is 29.8 Å². The Balaban J connectivity index is 1.85. The maximum Gasteiger partial charge on any atom is 0.225 e. The van der Waals surface area contributed by atoms with Crippen molar-refractivity contribution < 1.29 is 14.3 Å². The molecule has 0 radical (unpaired) electrons. The van der Waals surface area contributed by atoms with E-state index in [2.05, 4.69) is 12.2 Å². The van der Waals surface area contributed by atoms with Crippen LogP contribution >= 0.6 is 0 Å². The molecule has 0 aromatic heterocycles. The average molecular weight is 318 g/mol. The molecule has 1 aliphatic rings. The third-order valence-corrected chi connectivity index (χ3v) is 4.26. The summed E-state index contributed by atoms with van der Waals surface area (Å²) >= 11 is 0. The number of likely N-dealkylation sites (tertiary alicyclic amines) is 1. The van der Waals surface area contributed by atoms with Gasteiger partial charge in [0.1, 0.15) is 5.75 Å². The number of hydrogen-bond donors (Lipinski definition) is 1. The molecule has 1 saturated heterocycles. The van der Waals surface area contributed by atoms with Gasteiger partial charge in [0, 0.05) is 26.1 Å². The van der Waals surface area contributed by atoms with Gasteiger partial charge in [0.15, 0.2) is 0 Å². The van der Waals surface area contributed by atoms with Crippen molar-refractivity contribution in [3.63, 3.8) is 0 Å². The van der Waals surface area contributed by atoms with E-state index < -0.39 is 0 Å². The molecule has 1 atom stereocenters. The fourth-order valence-electron chi connectivity index (χ4n) is 2.86. The van der Waals surface area contributed by atoms with Crippen LogP contribution in [0.5, 0.6) is 5.75 Å². The fourth-order valence-corrected chi connectivity index (χ4v) is 2.86. The zero-order valence-corrected chi connectivity index (χ0v) is 14.0. The highest BCUT2D eigenvalue weighted by Crippen LogP contribution is 2.21. The first-order valence-electron chi connectivity index (χ1n) is 8.33. The molecule has 5 nitrogen and oxygen atoms in total. The van der Waals surface area contributed by atoms with Crippen LogP contribution in [-0.4, -0.2) is 43.5 Å². The zero-order chi connectivity index (χ0) is 16.7. The number of para-hydroxylation sites is 1.